The van der Waals surface area contributed by atoms with Crippen molar-refractivity contribution in [2.24, 2.45) is 0 Å². The van der Waals surface area contributed by atoms with Gasteiger partial charge in [0.2, 0.25) is 0 Å². The summed E-state index contributed by atoms with van der Waals surface area (Å²) < 4.78 is 38.6. The van der Waals surface area contributed by atoms with Crippen molar-refractivity contribution in [2.75, 3.05) is 13.7 Å². The van der Waals surface area contributed by atoms with Crippen molar-refractivity contribution in [1.82, 2.24) is 4.90 Å². The zero-order valence-corrected chi connectivity index (χ0v) is 26.1. The fraction of sp³-hybridized carbons (Fsp3) is 0.429. The molecule has 5 rings (SSSR count). The van der Waals surface area contributed by atoms with Crippen LogP contribution in [0.1, 0.15) is 77.8 Å². The summed E-state index contributed by atoms with van der Waals surface area (Å²) >= 11 is 0. The fourth-order valence-electron chi connectivity index (χ4n) is 6.24. The van der Waals surface area contributed by atoms with Crippen LogP contribution in [0.15, 0.2) is 36.4 Å². The second kappa shape index (κ2) is 12.0. The molecular formula is C35H40FNO6. The maximum atomic E-state index is 15.6. The van der Waals surface area contributed by atoms with Crippen LogP contribution in [0.5, 0.6) is 5.75 Å². The maximum Gasteiger partial charge on any atom is 0.410 e. The van der Waals surface area contributed by atoms with Crippen LogP contribution in [0.4, 0.5) is 9.18 Å². The number of rotatable bonds is 6. The number of carbonyl (C=O) groups excluding carboxylic acids is 2. The lowest BCUT2D eigenvalue weighted by atomic mass is 9.80. The van der Waals surface area contributed by atoms with Crippen LogP contribution < -0.4 is 4.74 Å². The van der Waals surface area contributed by atoms with E-state index >= 15 is 4.39 Å². The van der Waals surface area contributed by atoms with Gasteiger partial charge in [0.05, 0.1) is 19.3 Å². The van der Waals surface area contributed by atoms with E-state index in [0.29, 0.717) is 43.0 Å². The smallest absolute Gasteiger partial charge is 0.410 e. The van der Waals surface area contributed by atoms with Gasteiger partial charge in [-0.2, -0.15) is 0 Å². The largest absolute Gasteiger partial charge is 0.490 e. The normalized spacial score (nSPS) is 14.9. The van der Waals surface area contributed by atoms with Gasteiger partial charge >= 0.3 is 12.1 Å². The highest BCUT2D eigenvalue weighted by Crippen LogP contribution is 2.47. The zero-order valence-electron chi connectivity index (χ0n) is 26.1. The standard InChI is InChI=1S/C35H40FNO6/c1-20-24-14-11-15-41-31(24)28(36)16-25(20)29-21(2)26-17-37(34(39)42-19-23-12-9-8-10-13-23)18-27(26)22(3)30(29)32(33(38)40-7)43-35(4,5)6/h8-10,12-13,16,32H,11,14-15,17-19H2,1-7H3. The molecule has 0 aliphatic carbocycles. The second-order valence-corrected chi connectivity index (χ2v) is 12.3. The maximum absolute atomic E-state index is 15.6. The van der Waals surface area contributed by atoms with Crippen LogP contribution in [0.3, 0.4) is 0 Å². The van der Waals surface area contributed by atoms with E-state index in [2.05, 4.69) is 0 Å². The summed E-state index contributed by atoms with van der Waals surface area (Å²) in [5.74, 6) is -0.682. The topological polar surface area (TPSA) is 74.3 Å². The number of nitrogens with zero attached hydrogens (tertiary/aromatic N) is 1. The molecule has 1 atom stereocenters. The molecule has 0 spiro atoms. The van der Waals surface area contributed by atoms with Crippen molar-refractivity contribution in [3.63, 3.8) is 0 Å². The third-order valence-corrected chi connectivity index (χ3v) is 8.33. The number of benzene rings is 3. The minimum Gasteiger partial charge on any atom is -0.490 e. The Balaban J connectivity index is 1.66. The number of halogens is 1. The fourth-order valence-corrected chi connectivity index (χ4v) is 6.24. The third kappa shape index (κ3) is 5.98. The van der Waals surface area contributed by atoms with Gasteiger partial charge in [-0.15, -0.1) is 0 Å². The predicted molar refractivity (Wildman–Crippen MR) is 161 cm³/mol. The molecule has 3 aromatic rings. The summed E-state index contributed by atoms with van der Waals surface area (Å²) in [5, 5.41) is 0. The number of esters is 1. The number of amides is 1. The molecule has 0 fully saturated rings. The molecule has 1 unspecified atom stereocenters. The Morgan fingerprint density at radius 2 is 1.67 bits per heavy atom. The zero-order chi connectivity index (χ0) is 31.1. The Morgan fingerprint density at radius 1 is 1.00 bits per heavy atom. The van der Waals surface area contributed by atoms with E-state index in [1.807, 2.05) is 71.9 Å². The minimum absolute atomic E-state index is 0.167. The van der Waals surface area contributed by atoms with Crippen LogP contribution in [0.2, 0.25) is 0 Å². The summed E-state index contributed by atoms with van der Waals surface area (Å²) in [6.45, 7) is 12.8. The summed E-state index contributed by atoms with van der Waals surface area (Å²) in [6, 6.07) is 11.0. The molecule has 3 aromatic carbocycles. The molecule has 8 heteroatoms. The number of carbonyl (C=O) groups is 2. The van der Waals surface area contributed by atoms with Crippen LogP contribution in [-0.2, 0) is 45.1 Å². The van der Waals surface area contributed by atoms with Gasteiger partial charge in [-0.25, -0.2) is 14.0 Å². The van der Waals surface area contributed by atoms with Gasteiger partial charge < -0.3 is 18.9 Å². The lowest BCUT2D eigenvalue weighted by Gasteiger charge is -2.31. The second-order valence-electron chi connectivity index (χ2n) is 12.3. The molecule has 0 saturated carbocycles. The van der Waals surface area contributed by atoms with Gasteiger partial charge in [-0.3, -0.25) is 4.90 Å². The lowest BCUT2D eigenvalue weighted by Crippen LogP contribution is -2.29. The van der Waals surface area contributed by atoms with Gasteiger partial charge in [0.15, 0.2) is 17.7 Å². The first kappa shape index (κ1) is 30.5. The predicted octanol–water partition coefficient (Wildman–Crippen LogP) is 7.42. The molecule has 2 heterocycles. The van der Waals surface area contributed by atoms with Gasteiger partial charge in [-0.05, 0) is 105 Å². The Bertz CT molecular complexity index is 1560. The highest BCUT2D eigenvalue weighted by Gasteiger charge is 2.38. The Hall–Kier alpha value is -3.91. The van der Waals surface area contributed by atoms with E-state index in [9.17, 15) is 9.59 Å². The van der Waals surface area contributed by atoms with Crippen molar-refractivity contribution in [3.8, 4) is 16.9 Å². The first-order valence-corrected chi connectivity index (χ1v) is 14.7. The number of methoxy groups -OCH3 is 1. The quantitative estimate of drug-likeness (QED) is 0.279. The molecule has 43 heavy (non-hydrogen) atoms. The van der Waals surface area contributed by atoms with Crippen molar-refractivity contribution in [3.05, 3.63) is 86.7 Å². The highest BCUT2D eigenvalue weighted by atomic mass is 19.1. The highest BCUT2D eigenvalue weighted by molar-refractivity contribution is 5.87. The van der Waals surface area contributed by atoms with E-state index in [0.717, 1.165) is 50.9 Å². The summed E-state index contributed by atoms with van der Waals surface area (Å²) in [4.78, 5) is 28.3. The average molecular weight is 590 g/mol. The molecule has 228 valence electrons. The van der Waals surface area contributed by atoms with Crippen LogP contribution in [0.25, 0.3) is 11.1 Å². The molecule has 0 aromatic heterocycles. The number of hydrogen-bond donors (Lipinski definition) is 0. The van der Waals surface area contributed by atoms with Crippen molar-refractivity contribution in [1.29, 1.82) is 0 Å². The lowest BCUT2D eigenvalue weighted by molar-refractivity contribution is -0.164. The minimum atomic E-state index is -1.07. The van der Waals surface area contributed by atoms with Crippen molar-refractivity contribution >= 4 is 12.1 Å². The van der Waals surface area contributed by atoms with E-state index in [-0.39, 0.29) is 6.61 Å². The molecule has 2 aliphatic rings. The van der Waals surface area contributed by atoms with Gasteiger partial charge in [-0.1, -0.05) is 30.3 Å². The molecule has 0 bridgehead atoms. The summed E-state index contributed by atoms with van der Waals surface area (Å²) in [6.07, 6.45) is -0.00286. The van der Waals surface area contributed by atoms with E-state index in [1.54, 1.807) is 4.90 Å². The summed E-state index contributed by atoms with van der Waals surface area (Å²) in [7, 11) is 1.34. The summed E-state index contributed by atoms with van der Waals surface area (Å²) in [5.41, 5.74) is 7.53. The Labute approximate surface area is 252 Å². The van der Waals surface area contributed by atoms with Crippen LogP contribution in [0, 0.1) is 26.6 Å². The van der Waals surface area contributed by atoms with E-state index < -0.39 is 29.6 Å². The molecule has 0 radical (unpaired) electrons. The molecule has 7 nitrogen and oxygen atoms in total. The monoisotopic (exact) mass is 589 g/mol. The molecule has 1 amide bonds. The van der Waals surface area contributed by atoms with Crippen LogP contribution >= 0.6 is 0 Å². The molecule has 2 aliphatic heterocycles. The SMILES string of the molecule is COC(=O)C(OC(C)(C)C)c1c(C)c2c(c(C)c1-c1cc(F)c3c(c1C)CCCO3)CN(C(=O)OCc1ccccc1)C2. The third-order valence-electron chi connectivity index (χ3n) is 8.33. The molecular weight excluding hydrogens is 549 g/mol. The van der Waals surface area contributed by atoms with Crippen molar-refractivity contribution in [2.45, 2.75) is 85.8 Å². The Morgan fingerprint density at radius 3 is 2.33 bits per heavy atom. The van der Waals surface area contributed by atoms with E-state index in [4.69, 9.17) is 18.9 Å². The van der Waals surface area contributed by atoms with E-state index in [1.165, 1.54) is 13.2 Å². The van der Waals surface area contributed by atoms with Crippen molar-refractivity contribution < 1.29 is 32.9 Å². The first-order chi connectivity index (χ1) is 20.4. The average Bonchev–Trinajstić information content (AvgIpc) is 3.45. The van der Waals surface area contributed by atoms with Gasteiger partial charge in [0.1, 0.15) is 6.61 Å². The Kier molecular flexibility index (Phi) is 8.52. The van der Waals surface area contributed by atoms with Gasteiger partial charge in [0.25, 0.3) is 0 Å². The molecule has 0 saturated heterocycles. The van der Waals surface area contributed by atoms with Crippen LogP contribution in [-0.4, -0.2) is 36.3 Å². The number of ether oxygens (including phenoxy) is 4. The van der Waals surface area contributed by atoms with Gasteiger partial charge in [0, 0.05) is 24.2 Å². The number of fused-ring (bicyclic) bond motifs is 2. The molecule has 0 N–H and O–H groups in total. The first-order valence-electron chi connectivity index (χ1n) is 14.7. The number of hydrogen-bond acceptors (Lipinski definition) is 6.